The van der Waals surface area contributed by atoms with E-state index in [9.17, 15) is 0 Å². The Labute approximate surface area is 159 Å². The zero-order valence-corrected chi connectivity index (χ0v) is 17.4. The van der Waals surface area contributed by atoms with Crippen LogP contribution in [0.4, 0.5) is 0 Å². The van der Waals surface area contributed by atoms with Crippen molar-refractivity contribution >= 4 is 5.96 Å². The molecule has 6 nitrogen and oxygen atoms in total. The Hall–Kier alpha value is -0.850. The minimum absolute atomic E-state index is 0.0685. The van der Waals surface area contributed by atoms with E-state index in [-0.39, 0.29) is 16.6 Å². The molecule has 1 saturated carbocycles. The van der Waals surface area contributed by atoms with Gasteiger partial charge in [0, 0.05) is 50.9 Å². The molecule has 0 aromatic carbocycles. The van der Waals surface area contributed by atoms with Crippen LogP contribution in [0.5, 0.6) is 0 Å². The predicted molar refractivity (Wildman–Crippen MR) is 106 cm³/mol. The van der Waals surface area contributed by atoms with Crippen molar-refractivity contribution in [2.24, 2.45) is 10.4 Å². The maximum absolute atomic E-state index is 5.75. The minimum Gasteiger partial charge on any atom is -0.381 e. The molecule has 2 saturated heterocycles. The highest BCUT2D eigenvalue weighted by Crippen LogP contribution is 2.51. The number of methoxy groups -OCH3 is 1. The first-order valence-electron chi connectivity index (χ1n) is 10.2. The van der Waals surface area contributed by atoms with Gasteiger partial charge in [-0.1, -0.05) is 13.8 Å². The van der Waals surface area contributed by atoms with Gasteiger partial charge >= 0.3 is 0 Å². The normalized spacial score (nSPS) is 34.3. The van der Waals surface area contributed by atoms with Gasteiger partial charge in [0.1, 0.15) is 0 Å². The first kappa shape index (κ1) is 19.9. The summed E-state index contributed by atoms with van der Waals surface area (Å²) in [4.78, 5) is 7.18. The smallest absolute Gasteiger partial charge is 0.191 e. The second kappa shape index (κ2) is 7.64. The first-order valence-corrected chi connectivity index (χ1v) is 10.2. The number of guanidine groups is 1. The summed E-state index contributed by atoms with van der Waals surface area (Å²) in [6.45, 7) is 11.9. The zero-order valence-electron chi connectivity index (χ0n) is 17.4. The number of aliphatic imine (C=N–C) groups is 1. The number of hydrogen-bond donors (Lipinski definition) is 2. The molecule has 150 valence electrons. The van der Waals surface area contributed by atoms with Gasteiger partial charge in [-0.3, -0.25) is 9.89 Å². The lowest BCUT2D eigenvalue weighted by Crippen LogP contribution is -2.70. The van der Waals surface area contributed by atoms with Gasteiger partial charge in [-0.2, -0.15) is 0 Å². The van der Waals surface area contributed by atoms with Gasteiger partial charge in [0.25, 0.3) is 0 Å². The molecule has 2 N–H and O–H groups in total. The Bertz CT molecular complexity index is 510. The van der Waals surface area contributed by atoms with Crippen molar-refractivity contribution in [3.05, 3.63) is 0 Å². The van der Waals surface area contributed by atoms with Crippen LogP contribution in [-0.4, -0.2) is 75.0 Å². The lowest BCUT2D eigenvalue weighted by Gasteiger charge is -2.59. The summed E-state index contributed by atoms with van der Waals surface area (Å²) in [7, 11) is 3.68. The van der Waals surface area contributed by atoms with Crippen LogP contribution in [0.15, 0.2) is 4.99 Å². The van der Waals surface area contributed by atoms with E-state index in [1.54, 1.807) is 0 Å². The highest BCUT2D eigenvalue weighted by molar-refractivity contribution is 5.80. The van der Waals surface area contributed by atoms with Gasteiger partial charge in [0.2, 0.25) is 0 Å². The Balaban J connectivity index is 1.59. The maximum Gasteiger partial charge on any atom is 0.191 e. The molecule has 6 heteroatoms. The standard InChI is InChI=1S/C20H38N4O2/c1-18(2)16(14-19(18,3)25-5)23-17(21-4)22-15-20(8-12-26-13-9-20)24-10-6-7-11-24/h16H,6-15H2,1-5H3,(H2,21,22,23). The van der Waals surface area contributed by atoms with Gasteiger partial charge < -0.3 is 20.1 Å². The average Bonchev–Trinajstić information content (AvgIpc) is 3.20. The molecule has 0 radical (unpaired) electrons. The fourth-order valence-corrected chi connectivity index (χ4v) is 4.88. The molecule has 3 aliphatic rings. The highest BCUT2D eigenvalue weighted by atomic mass is 16.5. The van der Waals surface area contributed by atoms with Gasteiger partial charge in [0.05, 0.1) is 5.60 Å². The molecule has 1 aliphatic carbocycles. The number of nitrogens with one attached hydrogen (secondary N) is 2. The summed E-state index contributed by atoms with van der Waals surface area (Å²) >= 11 is 0. The van der Waals surface area contributed by atoms with E-state index < -0.39 is 0 Å². The molecular weight excluding hydrogens is 328 g/mol. The minimum atomic E-state index is -0.0685. The average molecular weight is 367 g/mol. The largest absolute Gasteiger partial charge is 0.381 e. The van der Waals surface area contributed by atoms with Crippen LogP contribution in [-0.2, 0) is 9.47 Å². The number of hydrogen-bond acceptors (Lipinski definition) is 4. The molecule has 2 aliphatic heterocycles. The highest BCUT2D eigenvalue weighted by Gasteiger charge is 2.58. The van der Waals surface area contributed by atoms with E-state index in [1.165, 1.54) is 25.9 Å². The fraction of sp³-hybridized carbons (Fsp3) is 0.950. The van der Waals surface area contributed by atoms with Crippen LogP contribution in [0.2, 0.25) is 0 Å². The first-order chi connectivity index (χ1) is 12.4. The molecule has 2 heterocycles. The van der Waals surface area contributed by atoms with Crippen molar-refractivity contribution in [2.45, 2.75) is 70.1 Å². The van der Waals surface area contributed by atoms with Crippen LogP contribution in [0.25, 0.3) is 0 Å². The summed E-state index contributed by atoms with van der Waals surface area (Å²) in [5.74, 6) is 0.909. The second-order valence-electron chi connectivity index (χ2n) is 9.01. The van der Waals surface area contributed by atoms with E-state index in [2.05, 4.69) is 41.3 Å². The Morgan fingerprint density at radius 2 is 1.85 bits per heavy atom. The maximum atomic E-state index is 5.75. The van der Waals surface area contributed by atoms with Crippen LogP contribution < -0.4 is 10.6 Å². The van der Waals surface area contributed by atoms with Crippen LogP contribution >= 0.6 is 0 Å². The van der Waals surface area contributed by atoms with Gasteiger partial charge in [-0.25, -0.2) is 0 Å². The Morgan fingerprint density at radius 3 is 2.38 bits per heavy atom. The van der Waals surface area contributed by atoms with Gasteiger partial charge in [0.15, 0.2) is 5.96 Å². The Morgan fingerprint density at radius 1 is 1.19 bits per heavy atom. The second-order valence-corrected chi connectivity index (χ2v) is 9.01. The van der Waals surface area contributed by atoms with E-state index in [0.717, 1.165) is 45.0 Å². The molecule has 0 amide bonds. The molecular formula is C20H38N4O2. The number of ether oxygens (including phenoxy) is 2. The van der Waals surface area contributed by atoms with Gasteiger partial charge in [-0.05, 0) is 52.1 Å². The van der Waals surface area contributed by atoms with Crippen LogP contribution in [0.1, 0.15) is 52.9 Å². The van der Waals surface area contributed by atoms with E-state index in [4.69, 9.17) is 9.47 Å². The molecule has 3 fully saturated rings. The van der Waals surface area contributed by atoms with E-state index in [1.807, 2.05) is 14.2 Å². The van der Waals surface area contributed by atoms with Gasteiger partial charge in [-0.15, -0.1) is 0 Å². The summed E-state index contributed by atoms with van der Waals surface area (Å²) in [6, 6.07) is 0.371. The molecule has 0 aromatic heterocycles. The number of nitrogens with zero attached hydrogens (tertiary/aromatic N) is 2. The van der Waals surface area contributed by atoms with Crippen molar-refractivity contribution in [2.75, 3.05) is 47.0 Å². The summed E-state index contributed by atoms with van der Waals surface area (Å²) in [5.41, 5.74) is 0.217. The van der Waals surface area contributed by atoms with Crippen molar-refractivity contribution in [3.8, 4) is 0 Å². The lowest BCUT2D eigenvalue weighted by atomic mass is 9.56. The van der Waals surface area contributed by atoms with E-state index in [0.29, 0.717) is 6.04 Å². The van der Waals surface area contributed by atoms with Crippen molar-refractivity contribution in [1.82, 2.24) is 15.5 Å². The molecule has 0 spiro atoms. The summed E-state index contributed by atoms with van der Waals surface area (Å²) in [5, 5.41) is 7.28. The van der Waals surface area contributed by atoms with Crippen LogP contribution in [0.3, 0.4) is 0 Å². The third-order valence-electron chi connectivity index (χ3n) is 7.60. The number of likely N-dealkylation sites (tertiary alicyclic amines) is 1. The lowest BCUT2D eigenvalue weighted by molar-refractivity contribution is -0.176. The number of rotatable bonds is 5. The van der Waals surface area contributed by atoms with Crippen molar-refractivity contribution in [1.29, 1.82) is 0 Å². The van der Waals surface area contributed by atoms with E-state index >= 15 is 0 Å². The molecule has 26 heavy (non-hydrogen) atoms. The summed E-state index contributed by atoms with van der Waals surface area (Å²) < 4.78 is 11.4. The summed E-state index contributed by atoms with van der Waals surface area (Å²) in [6.07, 6.45) is 5.85. The molecule has 3 rings (SSSR count). The monoisotopic (exact) mass is 366 g/mol. The third kappa shape index (κ3) is 3.48. The molecule has 0 aromatic rings. The quantitative estimate of drug-likeness (QED) is 0.576. The molecule has 2 unspecified atom stereocenters. The topological polar surface area (TPSA) is 58.1 Å². The Kier molecular flexibility index (Phi) is 5.85. The molecule has 2 atom stereocenters. The van der Waals surface area contributed by atoms with Crippen LogP contribution in [0, 0.1) is 5.41 Å². The van der Waals surface area contributed by atoms with Crippen molar-refractivity contribution < 1.29 is 9.47 Å². The van der Waals surface area contributed by atoms with Crippen molar-refractivity contribution in [3.63, 3.8) is 0 Å². The molecule has 0 bridgehead atoms. The third-order valence-corrected chi connectivity index (χ3v) is 7.60. The fourth-order valence-electron chi connectivity index (χ4n) is 4.88. The zero-order chi connectivity index (χ0) is 18.8. The predicted octanol–water partition coefficient (Wildman–Crippen LogP) is 2.00. The SMILES string of the molecule is CN=C(NCC1(N2CCCC2)CCOCC1)NC1CC(C)(OC)C1(C)C.